The molecule has 0 unspecified atom stereocenters. The van der Waals surface area contributed by atoms with Crippen LogP contribution in [0, 0.1) is 0 Å². The molecule has 1 aromatic rings. The quantitative estimate of drug-likeness (QED) is 0.845. The summed E-state index contributed by atoms with van der Waals surface area (Å²) in [4.78, 5) is 19.6. The Kier molecular flexibility index (Phi) is 5.04. The zero-order valence-electron chi connectivity index (χ0n) is 13.2. The number of rotatable bonds is 6. The van der Waals surface area contributed by atoms with Crippen molar-refractivity contribution in [2.75, 3.05) is 6.61 Å². The van der Waals surface area contributed by atoms with Crippen molar-refractivity contribution >= 4 is 0 Å². The second-order valence-corrected chi connectivity index (χ2v) is 5.77. The molecule has 1 aliphatic carbocycles. The van der Waals surface area contributed by atoms with Crippen molar-refractivity contribution < 1.29 is 9.84 Å². The van der Waals surface area contributed by atoms with Gasteiger partial charge in [0, 0.05) is 6.61 Å². The fraction of sp³-hybridized carbons (Fsp3) is 0.750. The third-order valence-corrected chi connectivity index (χ3v) is 4.69. The van der Waals surface area contributed by atoms with Crippen LogP contribution >= 0.6 is 0 Å². The van der Waals surface area contributed by atoms with Gasteiger partial charge in [0.1, 0.15) is 11.4 Å². The van der Waals surface area contributed by atoms with Gasteiger partial charge in [0.15, 0.2) is 0 Å². The van der Waals surface area contributed by atoms with Crippen molar-refractivity contribution in [1.82, 2.24) is 9.97 Å². The highest BCUT2D eigenvalue weighted by atomic mass is 16.5. The molecule has 0 amide bonds. The third kappa shape index (κ3) is 2.98. The van der Waals surface area contributed by atoms with Gasteiger partial charge in [-0.25, -0.2) is 0 Å². The molecule has 2 rings (SSSR count). The van der Waals surface area contributed by atoms with Gasteiger partial charge >= 0.3 is 0 Å². The number of ether oxygens (including phenoxy) is 1. The molecule has 5 heteroatoms. The van der Waals surface area contributed by atoms with E-state index in [-0.39, 0.29) is 17.4 Å². The van der Waals surface area contributed by atoms with E-state index in [0.717, 1.165) is 25.7 Å². The lowest BCUT2D eigenvalue weighted by Crippen LogP contribution is -2.34. The van der Waals surface area contributed by atoms with E-state index in [2.05, 4.69) is 9.97 Å². The maximum absolute atomic E-state index is 12.4. The molecule has 1 fully saturated rings. The van der Waals surface area contributed by atoms with Gasteiger partial charge in [0.25, 0.3) is 5.56 Å². The molecule has 118 valence electrons. The third-order valence-electron chi connectivity index (χ3n) is 4.69. The van der Waals surface area contributed by atoms with Gasteiger partial charge < -0.3 is 14.8 Å². The van der Waals surface area contributed by atoms with Crippen LogP contribution in [0.2, 0.25) is 0 Å². The zero-order chi connectivity index (χ0) is 15.5. The predicted molar refractivity (Wildman–Crippen MR) is 81.6 cm³/mol. The Morgan fingerprint density at radius 2 is 1.90 bits per heavy atom. The second kappa shape index (κ2) is 6.60. The summed E-state index contributed by atoms with van der Waals surface area (Å²) in [6.45, 7) is 6.46. The predicted octanol–water partition coefficient (Wildman–Crippen LogP) is 3.18. The second-order valence-electron chi connectivity index (χ2n) is 5.77. The Morgan fingerprint density at radius 1 is 1.29 bits per heavy atom. The number of aromatic amines is 1. The van der Waals surface area contributed by atoms with E-state index in [1.807, 2.05) is 20.8 Å². The number of nitrogens with zero attached hydrogens (tertiary/aromatic N) is 1. The molecule has 2 N–H and O–H groups in total. The van der Waals surface area contributed by atoms with E-state index in [1.165, 1.54) is 0 Å². The highest BCUT2D eigenvalue weighted by molar-refractivity contribution is 5.28. The van der Waals surface area contributed by atoms with Crippen LogP contribution in [-0.4, -0.2) is 21.7 Å². The Bertz CT molecular complexity index is 529. The lowest BCUT2D eigenvalue weighted by atomic mass is 9.94. The summed E-state index contributed by atoms with van der Waals surface area (Å²) in [5.74, 6) is 0.463. The number of nitrogens with one attached hydrogen (secondary N) is 1. The van der Waals surface area contributed by atoms with E-state index >= 15 is 0 Å². The van der Waals surface area contributed by atoms with Crippen molar-refractivity contribution in [3.63, 3.8) is 0 Å². The number of hydrogen-bond acceptors (Lipinski definition) is 4. The highest BCUT2D eigenvalue weighted by Gasteiger charge is 2.34. The van der Waals surface area contributed by atoms with Crippen LogP contribution in [0.1, 0.15) is 76.6 Å². The first-order valence-corrected chi connectivity index (χ1v) is 8.05. The number of hydrogen-bond donors (Lipinski definition) is 2. The first-order chi connectivity index (χ1) is 10.1. The molecule has 1 aliphatic rings. The minimum atomic E-state index is -0.625. The number of H-pyrrole nitrogens is 1. The molecule has 0 bridgehead atoms. The molecular formula is C16H26N2O3. The average molecular weight is 294 g/mol. The van der Waals surface area contributed by atoms with Crippen LogP contribution < -0.4 is 5.56 Å². The van der Waals surface area contributed by atoms with Gasteiger partial charge in [0.2, 0.25) is 5.88 Å². The SMILES string of the molecule is CCOC(CC)(CC)c1nc(O)c(C2CCCC2)c(=O)[nH]1. The summed E-state index contributed by atoms with van der Waals surface area (Å²) < 4.78 is 5.85. The first-order valence-electron chi connectivity index (χ1n) is 8.05. The molecule has 0 atom stereocenters. The summed E-state index contributed by atoms with van der Waals surface area (Å²) >= 11 is 0. The Labute approximate surface area is 125 Å². The van der Waals surface area contributed by atoms with Crippen LogP contribution in [0.25, 0.3) is 0 Å². The molecule has 0 aliphatic heterocycles. The van der Waals surface area contributed by atoms with E-state index < -0.39 is 5.60 Å². The van der Waals surface area contributed by atoms with E-state index in [4.69, 9.17) is 4.74 Å². The molecule has 1 aromatic heterocycles. The molecular weight excluding hydrogens is 268 g/mol. The highest BCUT2D eigenvalue weighted by Crippen LogP contribution is 2.37. The first kappa shape index (κ1) is 16.0. The standard InChI is InChI=1S/C16H26N2O3/c1-4-16(5-2,21-6-3)15-17-13(19)12(14(20)18-15)11-9-7-8-10-11/h11H,4-10H2,1-3H3,(H2,17,18,19,20). The van der Waals surface area contributed by atoms with Crippen molar-refractivity contribution in [3.8, 4) is 5.88 Å². The lowest BCUT2D eigenvalue weighted by Gasteiger charge is -2.30. The molecule has 1 saturated carbocycles. The van der Waals surface area contributed by atoms with Crippen LogP contribution in [-0.2, 0) is 10.3 Å². The topological polar surface area (TPSA) is 75.2 Å². The summed E-state index contributed by atoms with van der Waals surface area (Å²) in [6.07, 6.45) is 5.52. The van der Waals surface area contributed by atoms with Crippen LogP contribution in [0.3, 0.4) is 0 Å². The van der Waals surface area contributed by atoms with Crippen LogP contribution in [0.4, 0.5) is 0 Å². The van der Waals surface area contributed by atoms with Gasteiger partial charge in [-0.05, 0) is 38.5 Å². The van der Waals surface area contributed by atoms with Crippen molar-refractivity contribution in [3.05, 3.63) is 21.7 Å². The number of aromatic hydroxyl groups is 1. The van der Waals surface area contributed by atoms with E-state index in [9.17, 15) is 9.90 Å². The summed E-state index contributed by atoms with van der Waals surface area (Å²) in [5.41, 5.74) is -0.385. The van der Waals surface area contributed by atoms with Gasteiger partial charge in [0.05, 0.1) is 5.56 Å². The van der Waals surface area contributed by atoms with Crippen molar-refractivity contribution in [1.29, 1.82) is 0 Å². The summed E-state index contributed by atoms with van der Waals surface area (Å²) in [6, 6.07) is 0. The fourth-order valence-electron chi connectivity index (χ4n) is 3.40. The van der Waals surface area contributed by atoms with Crippen LogP contribution in [0.5, 0.6) is 5.88 Å². The molecule has 5 nitrogen and oxygen atoms in total. The smallest absolute Gasteiger partial charge is 0.258 e. The zero-order valence-corrected chi connectivity index (χ0v) is 13.2. The molecule has 1 heterocycles. The lowest BCUT2D eigenvalue weighted by molar-refractivity contribution is -0.0576. The van der Waals surface area contributed by atoms with E-state index in [0.29, 0.717) is 30.8 Å². The number of aromatic nitrogens is 2. The minimum absolute atomic E-state index is 0.119. The van der Waals surface area contributed by atoms with Crippen LogP contribution in [0.15, 0.2) is 4.79 Å². The van der Waals surface area contributed by atoms with Gasteiger partial charge in [-0.3, -0.25) is 4.79 Å². The van der Waals surface area contributed by atoms with Crippen molar-refractivity contribution in [2.45, 2.75) is 70.8 Å². The maximum Gasteiger partial charge on any atom is 0.258 e. The molecule has 0 saturated heterocycles. The Hall–Kier alpha value is -1.36. The molecule has 21 heavy (non-hydrogen) atoms. The molecule has 0 radical (unpaired) electrons. The molecule has 0 aromatic carbocycles. The van der Waals surface area contributed by atoms with E-state index in [1.54, 1.807) is 0 Å². The molecule has 0 spiro atoms. The monoisotopic (exact) mass is 294 g/mol. The Balaban J connectivity index is 2.45. The minimum Gasteiger partial charge on any atom is -0.493 e. The van der Waals surface area contributed by atoms with Gasteiger partial charge in [-0.2, -0.15) is 4.98 Å². The fourth-order valence-corrected chi connectivity index (χ4v) is 3.40. The summed E-state index contributed by atoms with van der Waals surface area (Å²) in [7, 11) is 0. The summed E-state index contributed by atoms with van der Waals surface area (Å²) in [5, 5.41) is 10.3. The normalized spacial score (nSPS) is 16.5. The van der Waals surface area contributed by atoms with Crippen molar-refractivity contribution in [2.24, 2.45) is 0 Å². The van der Waals surface area contributed by atoms with Gasteiger partial charge in [-0.15, -0.1) is 0 Å². The maximum atomic E-state index is 12.4. The average Bonchev–Trinajstić information content (AvgIpc) is 2.98. The van der Waals surface area contributed by atoms with Gasteiger partial charge in [-0.1, -0.05) is 26.7 Å². The Morgan fingerprint density at radius 3 is 2.38 bits per heavy atom. The largest absolute Gasteiger partial charge is 0.493 e.